The summed E-state index contributed by atoms with van der Waals surface area (Å²) in [7, 11) is 0. The monoisotopic (exact) mass is 452 g/mol. The van der Waals surface area contributed by atoms with E-state index in [0.717, 1.165) is 17.7 Å². The van der Waals surface area contributed by atoms with Gasteiger partial charge in [-0.25, -0.2) is 9.78 Å². The second-order valence-electron chi connectivity index (χ2n) is 7.39. The van der Waals surface area contributed by atoms with Gasteiger partial charge in [0, 0.05) is 24.4 Å². The van der Waals surface area contributed by atoms with Crippen molar-refractivity contribution < 1.29 is 9.90 Å². The molecule has 0 spiro atoms. The van der Waals surface area contributed by atoms with Crippen molar-refractivity contribution in [1.82, 2.24) is 29.9 Å². The van der Waals surface area contributed by atoms with Crippen LogP contribution in [0.5, 0.6) is 5.88 Å². The van der Waals surface area contributed by atoms with Crippen LogP contribution >= 0.6 is 11.3 Å². The zero-order valence-electron chi connectivity index (χ0n) is 16.8. The van der Waals surface area contributed by atoms with E-state index in [-0.39, 0.29) is 23.5 Å². The van der Waals surface area contributed by atoms with E-state index >= 15 is 0 Å². The maximum atomic E-state index is 12.3. The number of amides is 1. The maximum Gasteiger partial charge on any atom is 0.326 e. The molecule has 0 atom stereocenters. The Morgan fingerprint density at radius 2 is 2.25 bits per heavy atom. The Hall–Kier alpha value is -3.77. The maximum absolute atomic E-state index is 12.3. The van der Waals surface area contributed by atoms with Gasteiger partial charge in [-0.1, -0.05) is 0 Å². The van der Waals surface area contributed by atoms with Gasteiger partial charge < -0.3 is 21.1 Å². The summed E-state index contributed by atoms with van der Waals surface area (Å²) in [4.78, 5) is 39.4. The van der Waals surface area contributed by atoms with Gasteiger partial charge in [0.15, 0.2) is 11.1 Å². The van der Waals surface area contributed by atoms with Gasteiger partial charge in [0.1, 0.15) is 5.69 Å². The number of aromatic hydroxyl groups is 1. The summed E-state index contributed by atoms with van der Waals surface area (Å²) >= 11 is 1.33. The highest BCUT2D eigenvalue weighted by molar-refractivity contribution is 7.17. The number of nitrogens with zero attached hydrogens (tertiary/aromatic N) is 4. The second-order valence-corrected chi connectivity index (χ2v) is 8.47. The first-order valence-electron chi connectivity index (χ1n) is 10.1. The van der Waals surface area contributed by atoms with E-state index in [2.05, 4.69) is 20.4 Å². The Bertz CT molecular complexity index is 1490. The number of aromatic amines is 2. The SMILES string of the molecule is NCCNC(=O)c1ccc(-c2cc(=NC3CC3)n3nc/c(=C\c4[nH]c(=O)[nH]c4O)c3n2)s1. The Labute approximate surface area is 184 Å². The van der Waals surface area contributed by atoms with E-state index in [9.17, 15) is 14.7 Å². The zero-order valence-corrected chi connectivity index (χ0v) is 17.6. The molecule has 1 aliphatic rings. The molecule has 32 heavy (non-hydrogen) atoms. The summed E-state index contributed by atoms with van der Waals surface area (Å²) in [6, 6.07) is 5.71. The first-order valence-corrected chi connectivity index (χ1v) is 10.9. The van der Waals surface area contributed by atoms with Crippen LogP contribution in [0.4, 0.5) is 0 Å². The fourth-order valence-electron chi connectivity index (χ4n) is 3.19. The first kappa shape index (κ1) is 20.2. The van der Waals surface area contributed by atoms with Crippen molar-refractivity contribution in [2.75, 3.05) is 13.1 Å². The van der Waals surface area contributed by atoms with Gasteiger partial charge in [0.05, 0.1) is 27.7 Å². The summed E-state index contributed by atoms with van der Waals surface area (Å²) in [6.07, 6.45) is 5.25. The zero-order chi connectivity index (χ0) is 22.2. The lowest BCUT2D eigenvalue weighted by Crippen LogP contribution is -2.28. The molecule has 1 saturated carbocycles. The van der Waals surface area contributed by atoms with Crippen molar-refractivity contribution in [2.45, 2.75) is 18.9 Å². The third-order valence-electron chi connectivity index (χ3n) is 4.89. The number of hydrogen-bond donors (Lipinski definition) is 5. The van der Waals surface area contributed by atoms with Crippen molar-refractivity contribution in [2.24, 2.45) is 10.7 Å². The van der Waals surface area contributed by atoms with Crippen LogP contribution in [0.3, 0.4) is 0 Å². The largest absolute Gasteiger partial charge is 0.493 e. The highest BCUT2D eigenvalue weighted by Crippen LogP contribution is 2.27. The highest BCUT2D eigenvalue weighted by atomic mass is 32.1. The number of thiophene rings is 1. The number of carbonyl (C=O) groups is 1. The van der Waals surface area contributed by atoms with Gasteiger partial charge in [0.2, 0.25) is 5.88 Å². The summed E-state index contributed by atoms with van der Waals surface area (Å²) < 4.78 is 1.64. The van der Waals surface area contributed by atoms with Gasteiger partial charge in [0.25, 0.3) is 5.91 Å². The lowest BCUT2D eigenvalue weighted by Gasteiger charge is -2.01. The molecule has 6 N–H and O–H groups in total. The number of hydrogen-bond acceptors (Lipinski definition) is 8. The number of fused-ring (bicyclic) bond motifs is 1. The number of imidazole rings is 1. The van der Waals surface area contributed by atoms with Crippen molar-refractivity contribution in [3.05, 3.63) is 56.2 Å². The molecule has 0 bridgehead atoms. The Morgan fingerprint density at radius 3 is 2.97 bits per heavy atom. The van der Waals surface area contributed by atoms with Crippen LogP contribution in [-0.4, -0.2) is 54.7 Å². The normalized spacial score (nSPS) is 15.0. The average molecular weight is 453 g/mol. The molecule has 164 valence electrons. The fourth-order valence-corrected chi connectivity index (χ4v) is 4.08. The molecule has 0 saturated heterocycles. The molecule has 1 fully saturated rings. The molecular formula is C20H20N8O3S. The van der Waals surface area contributed by atoms with Crippen molar-refractivity contribution in [3.8, 4) is 16.5 Å². The predicted octanol–water partition coefficient (Wildman–Crippen LogP) is -0.521. The van der Waals surface area contributed by atoms with Crippen LogP contribution in [0.25, 0.3) is 22.3 Å². The van der Waals surface area contributed by atoms with Gasteiger partial charge in [-0.05, 0) is 31.1 Å². The fraction of sp³-hybridized carbons (Fsp3) is 0.250. The van der Waals surface area contributed by atoms with Crippen molar-refractivity contribution in [1.29, 1.82) is 0 Å². The molecule has 1 aliphatic carbocycles. The average Bonchev–Trinajstić information content (AvgIpc) is 3.16. The minimum Gasteiger partial charge on any atom is -0.493 e. The highest BCUT2D eigenvalue weighted by Gasteiger charge is 2.21. The number of rotatable bonds is 6. The molecule has 12 heteroatoms. The molecule has 0 aliphatic heterocycles. The third kappa shape index (κ3) is 3.92. The van der Waals surface area contributed by atoms with Gasteiger partial charge in [-0.2, -0.15) is 9.61 Å². The van der Waals surface area contributed by atoms with E-state index in [1.807, 2.05) is 12.1 Å². The number of aromatic nitrogens is 5. The van der Waals surface area contributed by atoms with E-state index in [4.69, 9.17) is 15.7 Å². The van der Waals surface area contributed by atoms with Crippen LogP contribution in [0.15, 0.2) is 34.2 Å². The van der Waals surface area contributed by atoms with Crippen molar-refractivity contribution >= 4 is 29.0 Å². The van der Waals surface area contributed by atoms with Crippen LogP contribution < -0.4 is 27.4 Å². The van der Waals surface area contributed by atoms with Crippen LogP contribution in [0.2, 0.25) is 0 Å². The molecule has 1 amide bonds. The van der Waals surface area contributed by atoms with Gasteiger partial charge in [-0.15, -0.1) is 11.3 Å². The molecule has 4 heterocycles. The molecule has 11 nitrogen and oxygen atoms in total. The number of carbonyl (C=O) groups excluding carboxylic acids is 1. The van der Waals surface area contributed by atoms with E-state index < -0.39 is 5.69 Å². The van der Waals surface area contributed by atoms with Crippen LogP contribution in [0.1, 0.15) is 28.2 Å². The predicted molar refractivity (Wildman–Crippen MR) is 118 cm³/mol. The summed E-state index contributed by atoms with van der Waals surface area (Å²) in [6.45, 7) is 0.778. The lowest BCUT2D eigenvalue weighted by molar-refractivity contribution is 0.0959. The smallest absolute Gasteiger partial charge is 0.326 e. The number of nitrogens with one attached hydrogen (secondary N) is 3. The Kier molecular flexibility index (Phi) is 5.07. The van der Waals surface area contributed by atoms with Crippen molar-refractivity contribution in [3.63, 3.8) is 0 Å². The van der Waals surface area contributed by atoms with Crippen LogP contribution in [0, 0.1) is 0 Å². The lowest BCUT2D eigenvalue weighted by atomic mass is 10.3. The van der Waals surface area contributed by atoms with E-state index in [0.29, 0.717) is 40.0 Å². The van der Waals surface area contributed by atoms with Gasteiger partial charge >= 0.3 is 5.69 Å². The molecule has 0 aromatic carbocycles. The molecule has 0 radical (unpaired) electrons. The standard InChI is InChI=1S/C20H20N8O3S/c21-5-6-22-19(30)15-4-3-14(32-15)12-8-16(24-11-1-2-11)28-17(25-12)10(9-23-28)7-13-18(29)27-20(31)26-13/h3-4,7-9,11,29H,1-2,5-6,21H2,(H,22,30)(H2,26,27,31)/b10-7+,24-16?. The minimum atomic E-state index is -0.512. The van der Waals surface area contributed by atoms with E-state index in [1.54, 1.807) is 22.9 Å². The summed E-state index contributed by atoms with van der Waals surface area (Å²) in [5, 5.41) is 17.7. The quantitative estimate of drug-likeness (QED) is 0.264. The summed E-state index contributed by atoms with van der Waals surface area (Å²) in [5.74, 6) is -0.444. The van der Waals surface area contributed by atoms with Crippen LogP contribution in [-0.2, 0) is 0 Å². The Morgan fingerprint density at radius 1 is 1.41 bits per heavy atom. The Balaban J connectivity index is 1.64. The molecule has 5 rings (SSSR count). The number of H-pyrrole nitrogens is 2. The third-order valence-corrected chi connectivity index (χ3v) is 6.00. The molecule has 4 aromatic heterocycles. The minimum absolute atomic E-state index is 0.180. The molecule has 0 unspecified atom stereocenters. The molecule has 4 aromatic rings. The van der Waals surface area contributed by atoms with Gasteiger partial charge in [-0.3, -0.25) is 14.8 Å². The second kappa shape index (κ2) is 8.05. The first-order chi connectivity index (χ1) is 15.5. The topological polar surface area (TPSA) is 167 Å². The van der Waals surface area contributed by atoms with E-state index in [1.165, 1.54) is 11.3 Å². The number of nitrogens with two attached hydrogens (primary N) is 1. The molecular weight excluding hydrogens is 432 g/mol. The summed E-state index contributed by atoms with van der Waals surface area (Å²) in [5.41, 5.74) is 7.00.